The highest BCUT2D eigenvalue weighted by Gasteiger charge is 2.52. The largest absolute Gasteiger partial charge is 0.573 e. The highest BCUT2D eigenvalue weighted by atomic mass is 19.4. The van der Waals surface area contributed by atoms with Crippen molar-refractivity contribution in [2.75, 3.05) is 19.3 Å². The molecule has 0 bridgehead atoms. The molecule has 0 unspecified atom stereocenters. The predicted octanol–water partition coefficient (Wildman–Crippen LogP) is 3.40. The van der Waals surface area contributed by atoms with Gasteiger partial charge in [-0.3, -0.25) is 0 Å². The third-order valence-corrected chi connectivity index (χ3v) is 4.55. The van der Waals surface area contributed by atoms with Crippen molar-refractivity contribution in [1.29, 1.82) is 0 Å². The molecule has 0 spiro atoms. The lowest BCUT2D eigenvalue weighted by Gasteiger charge is -2.32. The minimum Gasteiger partial charge on any atom is -0.404 e. The number of anilines is 1. The minimum absolute atomic E-state index is 0.103. The van der Waals surface area contributed by atoms with Crippen molar-refractivity contribution in [2.24, 2.45) is 0 Å². The van der Waals surface area contributed by atoms with Crippen LogP contribution in [0, 0.1) is 0 Å². The van der Waals surface area contributed by atoms with Gasteiger partial charge in [0, 0.05) is 6.54 Å². The lowest BCUT2D eigenvalue weighted by atomic mass is 9.77. The molecule has 26 heavy (non-hydrogen) atoms. The van der Waals surface area contributed by atoms with Crippen LogP contribution in [-0.4, -0.2) is 38.3 Å². The Bertz CT molecular complexity index is 674. The van der Waals surface area contributed by atoms with Crippen molar-refractivity contribution < 1.29 is 27.2 Å². The molecule has 9 heteroatoms. The Kier molecular flexibility index (Phi) is 5.65. The predicted molar refractivity (Wildman–Crippen MR) is 95.5 cm³/mol. The molecule has 0 aromatic heterocycles. The Balaban J connectivity index is 2.28. The lowest BCUT2D eigenvalue weighted by molar-refractivity contribution is -0.274. The number of nitrogens with two attached hydrogens (primary N) is 1. The van der Waals surface area contributed by atoms with Crippen molar-refractivity contribution >= 4 is 18.9 Å². The maximum absolute atomic E-state index is 12.4. The van der Waals surface area contributed by atoms with E-state index < -0.39 is 30.4 Å². The third-order valence-electron chi connectivity index (χ3n) is 4.55. The number of nitrogen functional groups attached to an aromatic ring is 1. The highest BCUT2D eigenvalue weighted by Crippen LogP contribution is 2.39. The molecule has 0 radical (unpaired) electrons. The molecule has 5 nitrogen and oxygen atoms in total. The van der Waals surface area contributed by atoms with E-state index in [9.17, 15) is 13.2 Å². The normalized spacial score (nSPS) is 19.7. The number of hydrogen-bond acceptors (Lipinski definition) is 5. The molecular formula is C17H24BF3N2O3. The number of alkyl halides is 3. The van der Waals surface area contributed by atoms with Gasteiger partial charge in [-0.15, -0.1) is 13.2 Å². The van der Waals surface area contributed by atoms with E-state index in [1.54, 1.807) is 13.1 Å². The monoisotopic (exact) mass is 372 g/mol. The number of likely N-dealkylation sites (N-methyl/N-ethyl adjacent to an activating group) is 1. The van der Waals surface area contributed by atoms with Gasteiger partial charge in [0.05, 0.1) is 16.9 Å². The van der Waals surface area contributed by atoms with Crippen LogP contribution in [0.5, 0.6) is 5.75 Å². The Morgan fingerprint density at radius 2 is 1.81 bits per heavy atom. The van der Waals surface area contributed by atoms with Crippen molar-refractivity contribution in [3.05, 3.63) is 29.2 Å². The topological polar surface area (TPSA) is 65.7 Å². The summed E-state index contributed by atoms with van der Waals surface area (Å²) in [6.45, 7) is 8.28. The average molecular weight is 372 g/mol. The van der Waals surface area contributed by atoms with E-state index in [1.165, 1.54) is 18.2 Å². The molecule has 1 heterocycles. The Morgan fingerprint density at radius 1 is 1.23 bits per heavy atom. The molecule has 3 N–H and O–H groups in total. The van der Waals surface area contributed by atoms with Crippen LogP contribution >= 0.6 is 0 Å². The maximum atomic E-state index is 12.4. The Hall–Kier alpha value is -1.71. The molecule has 0 amide bonds. The summed E-state index contributed by atoms with van der Waals surface area (Å²) < 4.78 is 53.0. The standard InChI is InChI=1S/C17H24BF3N2O3/c1-15(2)16(3,4)26-18(25-15)12(10-23-5)8-11-6-7-14(13(22)9-11)24-17(19,20)21/h6-9,23H,10,22H2,1-5H3. The quantitative estimate of drug-likeness (QED) is 0.613. The Labute approximate surface area is 151 Å². The second-order valence-electron chi connectivity index (χ2n) is 7.18. The van der Waals surface area contributed by atoms with E-state index in [0.717, 1.165) is 5.47 Å². The van der Waals surface area contributed by atoms with Gasteiger partial charge in [-0.25, -0.2) is 0 Å². The van der Waals surface area contributed by atoms with E-state index in [4.69, 9.17) is 15.0 Å². The molecule has 0 aliphatic carbocycles. The molecule has 1 aromatic rings. The summed E-state index contributed by atoms with van der Waals surface area (Å²) in [5.41, 5.74) is 6.02. The van der Waals surface area contributed by atoms with Gasteiger partial charge < -0.3 is 25.1 Å². The zero-order chi connectivity index (χ0) is 19.8. The van der Waals surface area contributed by atoms with Crippen LogP contribution in [0.1, 0.15) is 33.3 Å². The number of hydrogen-bond donors (Lipinski definition) is 2. The van der Waals surface area contributed by atoms with Crippen molar-refractivity contribution in [1.82, 2.24) is 5.32 Å². The molecule has 1 fully saturated rings. The van der Waals surface area contributed by atoms with Crippen LogP contribution in [0.25, 0.3) is 6.08 Å². The summed E-state index contributed by atoms with van der Waals surface area (Å²) in [7, 11) is 1.22. The fourth-order valence-electron chi connectivity index (χ4n) is 2.49. The van der Waals surface area contributed by atoms with E-state index in [2.05, 4.69) is 10.1 Å². The van der Waals surface area contributed by atoms with Gasteiger partial charge >= 0.3 is 13.5 Å². The Morgan fingerprint density at radius 3 is 2.27 bits per heavy atom. The van der Waals surface area contributed by atoms with Crippen LogP contribution in [0.2, 0.25) is 0 Å². The molecule has 1 aromatic carbocycles. The number of nitrogens with one attached hydrogen (secondary N) is 1. The molecule has 2 rings (SSSR count). The first-order chi connectivity index (χ1) is 11.8. The van der Waals surface area contributed by atoms with Gasteiger partial charge in [-0.1, -0.05) is 12.1 Å². The lowest BCUT2D eigenvalue weighted by Crippen LogP contribution is -2.41. The van der Waals surface area contributed by atoms with Crippen LogP contribution in [0.4, 0.5) is 18.9 Å². The summed E-state index contributed by atoms with van der Waals surface area (Å²) in [6.07, 6.45) is -3.00. The summed E-state index contributed by atoms with van der Waals surface area (Å²) in [5, 5.41) is 3.04. The summed E-state index contributed by atoms with van der Waals surface area (Å²) in [4.78, 5) is 0. The number of rotatable bonds is 5. The number of ether oxygens (including phenoxy) is 1. The van der Waals surface area contributed by atoms with Gasteiger partial charge in [0.2, 0.25) is 0 Å². The van der Waals surface area contributed by atoms with E-state index in [-0.39, 0.29) is 5.69 Å². The second-order valence-corrected chi connectivity index (χ2v) is 7.18. The van der Waals surface area contributed by atoms with Crippen LogP contribution < -0.4 is 15.8 Å². The second kappa shape index (κ2) is 7.13. The fraction of sp³-hybridized carbons (Fsp3) is 0.529. The van der Waals surface area contributed by atoms with Gasteiger partial charge in [-0.2, -0.15) is 0 Å². The van der Waals surface area contributed by atoms with Gasteiger partial charge in [-0.05, 0) is 57.9 Å². The fourth-order valence-corrected chi connectivity index (χ4v) is 2.49. The van der Waals surface area contributed by atoms with Crippen molar-refractivity contribution in [3.63, 3.8) is 0 Å². The smallest absolute Gasteiger partial charge is 0.404 e. The molecule has 1 aliphatic heterocycles. The van der Waals surface area contributed by atoms with Gasteiger partial charge in [0.15, 0.2) is 5.75 Å². The highest BCUT2D eigenvalue weighted by molar-refractivity contribution is 6.55. The first-order valence-electron chi connectivity index (χ1n) is 8.20. The van der Waals surface area contributed by atoms with Crippen LogP contribution in [0.3, 0.4) is 0 Å². The zero-order valence-electron chi connectivity index (χ0n) is 15.5. The van der Waals surface area contributed by atoms with Crippen LogP contribution in [-0.2, 0) is 9.31 Å². The van der Waals surface area contributed by atoms with E-state index >= 15 is 0 Å². The summed E-state index contributed by atoms with van der Waals surface area (Å²) in [5.74, 6) is -0.430. The summed E-state index contributed by atoms with van der Waals surface area (Å²) >= 11 is 0. The first kappa shape index (κ1) is 20.6. The average Bonchev–Trinajstić information content (AvgIpc) is 2.68. The maximum Gasteiger partial charge on any atom is 0.573 e. The zero-order valence-corrected chi connectivity index (χ0v) is 15.5. The third kappa shape index (κ3) is 4.72. The van der Waals surface area contributed by atoms with Crippen molar-refractivity contribution in [3.8, 4) is 5.75 Å². The van der Waals surface area contributed by atoms with Gasteiger partial charge in [0.25, 0.3) is 0 Å². The number of halogens is 3. The van der Waals surface area contributed by atoms with E-state index in [1.807, 2.05) is 27.7 Å². The first-order valence-corrected chi connectivity index (χ1v) is 8.20. The van der Waals surface area contributed by atoms with E-state index in [0.29, 0.717) is 12.1 Å². The molecule has 144 valence electrons. The number of benzene rings is 1. The molecular weight excluding hydrogens is 348 g/mol. The molecule has 1 saturated heterocycles. The molecule has 1 aliphatic rings. The van der Waals surface area contributed by atoms with Crippen molar-refractivity contribution in [2.45, 2.75) is 45.3 Å². The SMILES string of the molecule is CNCC(=Cc1ccc(OC(F)(F)F)c(N)c1)B1OC(C)(C)C(C)(C)O1. The van der Waals surface area contributed by atoms with Crippen LogP contribution in [0.15, 0.2) is 23.7 Å². The van der Waals surface area contributed by atoms with Gasteiger partial charge in [0.1, 0.15) is 0 Å². The summed E-state index contributed by atoms with van der Waals surface area (Å²) in [6, 6.07) is 4.11. The minimum atomic E-state index is -4.79. The molecule has 0 atom stereocenters. The molecule has 0 saturated carbocycles.